The number of hydrogen-bond acceptors (Lipinski definition) is 3. The van der Waals surface area contributed by atoms with Gasteiger partial charge in [0.2, 0.25) is 0 Å². The lowest BCUT2D eigenvalue weighted by molar-refractivity contribution is -0.145. The van der Waals surface area contributed by atoms with E-state index in [2.05, 4.69) is 4.98 Å². The molecule has 4 nitrogen and oxygen atoms in total. The predicted octanol–water partition coefficient (Wildman–Crippen LogP) is 4.20. The molecule has 1 aromatic carbocycles. The summed E-state index contributed by atoms with van der Waals surface area (Å²) >= 11 is 7.23. The molecular formula is C14H16FIN2O2S. The van der Waals surface area contributed by atoms with E-state index in [0.29, 0.717) is 25.8 Å². The summed E-state index contributed by atoms with van der Waals surface area (Å²) in [5.41, 5.74) is 1.29. The van der Waals surface area contributed by atoms with Crippen LogP contribution in [0.3, 0.4) is 0 Å². The summed E-state index contributed by atoms with van der Waals surface area (Å²) in [5.74, 6) is -0.437. The smallest absolute Gasteiger partial charge is 0.328 e. The highest BCUT2D eigenvalue weighted by molar-refractivity contribution is 14.1. The molecule has 0 saturated heterocycles. The van der Waals surface area contributed by atoms with Crippen LogP contribution in [0.15, 0.2) is 12.1 Å². The molecule has 0 fully saturated rings. The number of esters is 1. The van der Waals surface area contributed by atoms with Gasteiger partial charge in [-0.05, 0) is 53.2 Å². The largest absolute Gasteiger partial charge is 0.467 e. The fraction of sp³-hybridized carbons (Fsp3) is 0.429. The molecule has 7 heteroatoms. The first kappa shape index (κ1) is 16.4. The van der Waals surface area contributed by atoms with E-state index in [9.17, 15) is 9.18 Å². The molecule has 1 aromatic heterocycles. The second kappa shape index (κ2) is 6.43. The molecule has 0 bridgehead atoms. The average molecular weight is 422 g/mol. The summed E-state index contributed by atoms with van der Waals surface area (Å²) in [6, 6.07) is 2.52. The number of hydrogen-bond donors (Lipinski definition) is 1. The standard InChI is InChI=1S/C14H16FIN2O2S/c1-7(2)4-12(13(19)20-3)18-11-5-8(15)9(16)6-10(11)17-14(18)21/h5-7,12H,4H2,1-3H3,(H,17,21). The average Bonchev–Trinajstić information content (AvgIpc) is 2.71. The Labute approximate surface area is 140 Å². The Kier molecular flexibility index (Phi) is 5.03. The van der Waals surface area contributed by atoms with Crippen LogP contribution in [-0.2, 0) is 9.53 Å². The summed E-state index contributed by atoms with van der Waals surface area (Å²) in [6.07, 6.45) is 0.571. The van der Waals surface area contributed by atoms with Crippen molar-refractivity contribution in [1.82, 2.24) is 9.55 Å². The van der Waals surface area contributed by atoms with Gasteiger partial charge in [-0.1, -0.05) is 13.8 Å². The summed E-state index contributed by atoms with van der Waals surface area (Å²) in [4.78, 5) is 15.1. The SMILES string of the molecule is COC(=O)C(CC(C)C)n1c(=S)[nH]c2cc(I)c(F)cc21. The molecule has 0 aliphatic carbocycles. The number of aromatic nitrogens is 2. The van der Waals surface area contributed by atoms with Gasteiger partial charge in [0, 0.05) is 6.07 Å². The van der Waals surface area contributed by atoms with Crippen molar-refractivity contribution in [3.8, 4) is 0 Å². The van der Waals surface area contributed by atoms with Gasteiger partial charge in [-0.15, -0.1) is 0 Å². The van der Waals surface area contributed by atoms with Crippen LogP contribution in [0.5, 0.6) is 0 Å². The van der Waals surface area contributed by atoms with Crippen LogP contribution < -0.4 is 0 Å². The van der Waals surface area contributed by atoms with E-state index in [1.165, 1.54) is 13.2 Å². The number of carbonyl (C=O) groups is 1. The van der Waals surface area contributed by atoms with E-state index in [1.807, 2.05) is 36.4 Å². The Morgan fingerprint density at radius 2 is 2.19 bits per heavy atom. The Hall–Kier alpha value is -0.960. The van der Waals surface area contributed by atoms with Crippen molar-refractivity contribution in [2.75, 3.05) is 7.11 Å². The third kappa shape index (κ3) is 3.28. The lowest BCUT2D eigenvalue weighted by atomic mass is 10.0. The predicted molar refractivity (Wildman–Crippen MR) is 90.3 cm³/mol. The number of methoxy groups -OCH3 is 1. The Morgan fingerprint density at radius 3 is 2.76 bits per heavy atom. The quantitative estimate of drug-likeness (QED) is 0.457. The number of nitrogens with one attached hydrogen (secondary N) is 1. The number of H-pyrrole nitrogens is 1. The van der Waals surface area contributed by atoms with Gasteiger partial charge in [0.25, 0.3) is 0 Å². The molecule has 0 saturated carbocycles. The second-order valence-electron chi connectivity index (χ2n) is 5.25. The maximum Gasteiger partial charge on any atom is 0.328 e. The van der Waals surface area contributed by atoms with E-state index in [4.69, 9.17) is 17.0 Å². The molecule has 1 N–H and O–H groups in total. The Morgan fingerprint density at radius 1 is 1.52 bits per heavy atom. The van der Waals surface area contributed by atoms with E-state index in [0.717, 1.165) is 0 Å². The Balaban J connectivity index is 2.67. The molecule has 0 radical (unpaired) electrons. The molecular weight excluding hydrogens is 406 g/mol. The molecule has 0 aliphatic heterocycles. The van der Waals surface area contributed by atoms with Crippen LogP contribution in [0, 0.1) is 20.1 Å². The molecule has 2 aromatic rings. The highest BCUT2D eigenvalue weighted by Crippen LogP contribution is 2.27. The number of imidazole rings is 1. The summed E-state index contributed by atoms with van der Waals surface area (Å²) < 4.78 is 21.3. The number of carbonyl (C=O) groups excluding carboxylic acids is 1. The van der Waals surface area contributed by atoms with Gasteiger partial charge in [-0.25, -0.2) is 9.18 Å². The van der Waals surface area contributed by atoms with E-state index in [1.54, 1.807) is 10.6 Å². The molecule has 21 heavy (non-hydrogen) atoms. The molecule has 2 rings (SSSR count). The first-order chi connectivity index (χ1) is 9.85. The van der Waals surface area contributed by atoms with Gasteiger partial charge in [0.15, 0.2) is 4.77 Å². The molecule has 1 heterocycles. The number of halogens is 2. The number of benzene rings is 1. The first-order valence-corrected chi connectivity index (χ1v) is 8.01. The number of rotatable bonds is 4. The van der Waals surface area contributed by atoms with Crippen molar-refractivity contribution in [2.24, 2.45) is 5.92 Å². The van der Waals surface area contributed by atoms with Crippen molar-refractivity contribution in [2.45, 2.75) is 26.3 Å². The van der Waals surface area contributed by atoms with Gasteiger partial charge in [-0.2, -0.15) is 0 Å². The second-order valence-corrected chi connectivity index (χ2v) is 6.80. The van der Waals surface area contributed by atoms with Crippen LogP contribution in [0.1, 0.15) is 26.3 Å². The highest BCUT2D eigenvalue weighted by atomic mass is 127. The van der Waals surface area contributed by atoms with Gasteiger partial charge in [0.05, 0.1) is 21.7 Å². The van der Waals surface area contributed by atoms with Gasteiger partial charge in [-0.3, -0.25) is 0 Å². The number of aromatic amines is 1. The van der Waals surface area contributed by atoms with Crippen LogP contribution in [0.25, 0.3) is 11.0 Å². The molecule has 1 unspecified atom stereocenters. The number of fused-ring (bicyclic) bond motifs is 1. The number of nitrogens with zero attached hydrogens (tertiary/aromatic N) is 1. The monoisotopic (exact) mass is 422 g/mol. The molecule has 0 amide bonds. The fourth-order valence-corrected chi connectivity index (χ4v) is 3.12. The third-order valence-corrected chi connectivity index (χ3v) is 4.36. The maximum atomic E-state index is 13.9. The highest BCUT2D eigenvalue weighted by Gasteiger charge is 2.25. The van der Waals surface area contributed by atoms with Crippen molar-refractivity contribution in [3.63, 3.8) is 0 Å². The molecule has 114 valence electrons. The van der Waals surface area contributed by atoms with Crippen LogP contribution in [0.4, 0.5) is 4.39 Å². The molecule has 0 aliphatic rings. The molecule has 1 atom stereocenters. The topological polar surface area (TPSA) is 47.0 Å². The normalized spacial score (nSPS) is 12.9. The minimum atomic E-state index is -0.560. The number of ether oxygens (including phenoxy) is 1. The first-order valence-electron chi connectivity index (χ1n) is 6.52. The Bertz CT molecular complexity index is 738. The minimum Gasteiger partial charge on any atom is -0.467 e. The van der Waals surface area contributed by atoms with Crippen molar-refractivity contribution >= 4 is 51.8 Å². The van der Waals surface area contributed by atoms with Crippen LogP contribution >= 0.6 is 34.8 Å². The van der Waals surface area contributed by atoms with Crippen molar-refractivity contribution < 1.29 is 13.9 Å². The van der Waals surface area contributed by atoms with Crippen molar-refractivity contribution in [1.29, 1.82) is 0 Å². The van der Waals surface area contributed by atoms with Gasteiger partial charge < -0.3 is 14.3 Å². The summed E-state index contributed by atoms with van der Waals surface area (Å²) in [7, 11) is 1.34. The summed E-state index contributed by atoms with van der Waals surface area (Å²) in [5, 5.41) is 0. The van der Waals surface area contributed by atoms with Crippen LogP contribution in [0.2, 0.25) is 0 Å². The van der Waals surface area contributed by atoms with E-state index < -0.39 is 6.04 Å². The third-order valence-electron chi connectivity index (χ3n) is 3.24. The zero-order chi connectivity index (χ0) is 15.7. The van der Waals surface area contributed by atoms with Gasteiger partial charge >= 0.3 is 5.97 Å². The summed E-state index contributed by atoms with van der Waals surface area (Å²) in [6.45, 7) is 4.02. The van der Waals surface area contributed by atoms with Gasteiger partial charge in [0.1, 0.15) is 11.9 Å². The minimum absolute atomic E-state index is 0.273. The zero-order valence-corrected chi connectivity index (χ0v) is 14.9. The lowest BCUT2D eigenvalue weighted by Crippen LogP contribution is -2.22. The van der Waals surface area contributed by atoms with Crippen molar-refractivity contribution in [3.05, 3.63) is 26.3 Å². The van der Waals surface area contributed by atoms with Crippen LogP contribution in [-0.4, -0.2) is 22.6 Å². The fourth-order valence-electron chi connectivity index (χ4n) is 2.32. The maximum absolute atomic E-state index is 13.9. The molecule has 0 spiro atoms. The zero-order valence-electron chi connectivity index (χ0n) is 11.9. The van der Waals surface area contributed by atoms with E-state index in [-0.39, 0.29) is 17.7 Å². The van der Waals surface area contributed by atoms with E-state index >= 15 is 0 Å². The lowest BCUT2D eigenvalue weighted by Gasteiger charge is -2.19.